The highest BCUT2D eigenvalue weighted by Crippen LogP contribution is 2.27. The Kier molecular flexibility index (Phi) is 11.9. The topological polar surface area (TPSA) is 72.1 Å². The Morgan fingerprint density at radius 2 is 1.76 bits per heavy atom. The smallest absolute Gasteiger partial charge is 0.188 e. The summed E-state index contributed by atoms with van der Waals surface area (Å²) in [7, 11) is 5.39. The van der Waals surface area contributed by atoms with Gasteiger partial charge in [-0.1, -0.05) is 24.3 Å². The summed E-state index contributed by atoms with van der Waals surface area (Å²) in [5.41, 5.74) is 8.35. The van der Waals surface area contributed by atoms with Gasteiger partial charge in [0.1, 0.15) is 0 Å². The highest BCUT2D eigenvalue weighted by Gasteiger charge is 2.04. The molecule has 0 amide bonds. The highest BCUT2D eigenvalue weighted by atomic mass is 127. The third kappa shape index (κ3) is 8.81. The summed E-state index contributed by atoms with van der Waals surface area (Å²) < 4.78 is 10.6. The van der Waals surface area contributed by atoms with Gasteiger partial charge in [-0.25, -0.2) is 0 Å². The van der Waals surface area contributed by atoms with Crippen LogP contribution in [0.15, 0.2) is 53.5 Å². The lowest BCUT2D eigenvalue weighted by atomic mass is 10.1. The van der Waals surface area contributed by atoms with Crippen LogP contribution in [0.4, 0.5) is 5.69 Å². The molecule has 6 nitrogen and oxygen atoms in total. The van der Waals surface area contributed by atoms with Gasteiger partial charge in [-0.15, -0.1) is 24.0 Å². The lowest BCUT2D eigenvalue weighted by Crippen LogP contribution is -2.33. The number of nitrogens with one attached hydrogen (secondary N) is 1. The number of benzene rings is 2. The Morgan fingerprint density at radius 3 is 2.45 bits per heavy atom. The van der Waals surface area contributed by atoms with Crippen LogP contribution in [0.5, 0.6) is 11.5 Å². The van der Waals surface area contributed by atoms with Crippen LogP contribution in [0, 0.1) is 0 Å². The summed E-state index contributed by atoms with van der Waals surface area (Å²) in [5.74, 6) is 1.97. The first-order valence-corrected chi connectivity index (χ1v) is 9.65. The predicted octanol–water partition coefficient (Wildman–Crippen LogP) is 3.69. The maximum atomic E-state index is 5.96. The summed E-state index contributed by atoms with van der Waals surface area (Å²) in [6.45, 7) is 2.46. The fourth-order valence-corrected chi connectivity index (χ4v) is 2.90. The summed E-state index contributed by atoms with van der Waals surface area (Å²) in [4.78, 5) is 6.66. The average Bonchev–Trinajstić information content (AvgIpc) is 2.73. The van der Waals surface area contributed by atoms with Crippen LogP contribution in [0.25, 0.3) is 0 Å². The number of nitrogens with two attached hydrogens (primary N) is 1. The van der Waals surface area contributed by atoms with Crippen LogP contribution < -0.4 is 25.4 Å². The van der Waals surface area contributed by atoms with Crippen LogP contribution in [0.3, 0.4) is 0 Å². The number of guanidine groups is 1. The largest absolute Gasteiger partial charge is 0.493 e. The van der Waals surface area contributed by atoms with Gasteiger partial charge in [0.25, 0.3) is 0 Å². The van der Waals surface area contributed by atoms with Gasteiger partial charge in [-0.05, 0) is 49.1 Å². The average molecular weight is 512 g/mol. The first kappa shape index (κ1) is 24.9. The monoisotopic (exact) mass is 512 g/mol. The van der Waals surface area contributed by atoms with E-state index in [1.165, 1.54) is 5.69 Å². The van der Waals surface area contributed by atoms with Crippen molar-refractivity contribution in [1.29, 1.82) is 0 Å². The Labute approximate surface area is 191 Å². The zero-order valence-electron chi connectivity index (χ0n) is 17.6. The maximum absolute atomic E-state index is 5.96. The fourth-order valence-electron chi connectivity index (χ4n) is 2.90. The molecule has 0 unspecified atom stereocenters. The van der Waals surface area contributed by atoms with E-state index in [0.717, 1.165) is 56.0 Å². The van der Waals surface area contributed by atoms with E-state index in [4.69, 9.17) is 15.2 Å². The van der Waals surface area contributed by atoms with Crippen molar-refractivity contribution in [2.75, 3.05) is 45.8 Å². The number of anilines is 1. The Morgan fingerprint density at radius 1 is 1.03 bits per heavy atom. The zero-order chi connectivity index (χ0) is 20.2. The molecular formula is C22H33IN4O2. The van der Waals surface area contributed by atoms with Crippen molar-refractivity contribution < 1.29 is 9.47 Å². The van der Waals surface area contributed by atoms with Gasteiger partial charge in [0.15, 0.2) is 17.5 Å². The number of para-hydroxylation sites is 1. The van der Waals surface area contributed by atoms with Crippen LogP contribution in [0.2, 0.25) is 0 Å². The molecule has 0 heterocycles. The number of methoxy groups -OCH3 is 2. The molecule has 2 rings (SSSR count). The van der Waals surface area contributed by atoms with E-state index in [-0.39, 0.29) is 24.0 Å². The van der Waals surface area contributed by atoms with Crippen molar-refractivity contribution in [2.24, 2.45) is 10.7 Å². The Hall–Kier alpha value is -2.16. The Balaban J connectivity index is 0.00000420. The van der Waals surface area contributed by atoms with Crippen LogP contribution in [0.1, 0.15) is 18.4 Å². The van der Waals surface area contributed by atoms with E-state index in [9.17, 15) is 0 Å². The predicted molar refractivity (Wildman–Crippen MR) is 132 cm³/mol. The number of hydrogen-bond donors (Lipinski definition) is 2. The van der Waals surface area contributed by atoms with E-state index in [1.807, 2.05) is 24.3 Å². The molecule has 3 N–H and O–H groups in total. The van der Waals surface area contributed by atoms with E-state index in [0.29, 0.717) is 5.96 Å². The molecule has 2 aromatic carbocycles. The molecule has 0 saturated carbocycles. The highest BCUT2D eigenvalue weighted by molar-refractivity contribution is 14.0. The van der Waals surface area contributed by atoms with Crippen LogP contribution in [-0.2, 0) is 6.42 Å². The molecule has 0 aliphatic heterocycles. The molecule has 0 saturated heterocycles. The van der Waals surface area contributed by atoms with Crippen LogP contribution in [-0.4, -0.2) is 46.9 Å². The molecule has 0 atom stereocenters. The molecule has 2 aromatic rings. The third-order valence-corrected chi connectivity index (χ3v) is 4.55. The molecule has 7 heteroatoms. The van der Waals surface area contributed by atoms with Crippen molar-refractivity contribution in [3.05, 3.63) is 54.1 Å². The molecular weight excluding hydrogens is 479 g/mol. The van der Waals surface area contributed by atoms with Crippen LogP contribution >= 0.6 is 24.0 Å². The van der Waals surface area contributed by atoms with Gasteiger partial charge < -0.3 is 25.4 Å². The molecule has 0 fully saturated rings. The normalized spacial score (nSPS) is 10.8. The SMILES string of the molecule is COc1ccc(CCNC(N)=NCCCCN(C)c2ccccc2)cc1OC.I. The number of unbranched alkanes of at least 4 members (excludes halogenated alkanes) is 1. The number of rotatable bonds is 11. The summed E-state index contributed by atoms with van der Waals surface area (Å²) >= 11 is 0. The van der Waals surface area contributed by atoms with Gasteiger partial charge in [0, 0.05) is 32.4 Å². The second kappa shape index (κ2) is 13.9. The minimum absolute atomic E-state index is 0. The molecule has 0 spiro atoms. The van der Waals surface area contributed by atoms with Gasteiger partial charge in [0.2, 0.25) is 0 Å². The summed E-state index contributed by atoms with van der Waals surface area (Å²) in [6.07, 6.45) is 2.92. The van der Waals surface area contributed by atoms with Gasteiger partial charge in [0.05, 0.1) is 14.2 Å². The first-order valence-electron chi connectivity index (χ1n) is 9.65. The quantitative estimate of drug-likeness (QED) is 0.208. The number of ether oxygens (including phenoxy) is 2. The van der Waals surface area contributed by atoms with Crippen molar-refractivity contribution in [3.63, 3.8) is 0 Å². The fraction of sp³-hybridized carbons (Fsp3) is 0.409. The lowest BCUT2D eigenvalue weighted by Gasteiger charge is -2.18. The number of aliphatic imine (C=N–C) groups is 1. The van der Waals surface area contributed by atoms with E-state index >= 15 is 0 Å². The van der Waals surface area contributed by atoms with Crippen molar-refractivity contribution >= 4 is 35.6 Å². The van der Waals surface area contributed by atoms with Gasteiger partial charge in [-0.3, -0.25) is 4.99 Å². The van der Waals surface area contributed by atoms with E-state index < -0.39 is 0 Å². The molecule has 0 radical (unpaired) electrons. The molecule has 0 aliphatic carbocycles. The van der Waals surface area contributed by atoms with Gasteiger partial charge >= 0.3 is 0 Å². The second-order valence-corrected chi connectivity index (χ2v) is 6.60. The van der Waals surface area contributed by atoms with Crippen molar-refractivity contribution in [3.8, 4) is 11.5 Å². The number of hydrogen-bond acceptors (Lipinski definition) is 4. The van der Waals surface area contributed by atoms with E-state index in [1.54, 1.807) is 14.2 Å². The summed E-state index contributed by atoms with van der Waals surface area (Å²) in [6, 6.07) is 16.3. The standard InChI is InChI=1S/C22H32N4O2.HI/c1-26(19-9-5-4-6-10-19)16-8-7-14-24-22(23)25-15-13-18-11-12-20(27-2)21(17-18)28-3;/h4-6,9-12,17H,7-8,13-16H2,1-3H3,(H3,23,24,25);1H. The van der Waals surface area contributed by atoms with Crippen molar-refractivity contribution in [1.82, 2.24) is 5.32 Å². The molecule has 29 heavy (non-hydrogen) atoms. The van der Waals surface area contributed by atoms with Crippen molar-refractivity contribution in [2.45, 2.75) is 19.3 Å². The van der Waals surface area contributed by atoms with E-state index in [2.05, 4.69) is 46.5 Å². The lowest BCUT2D eigenvalue weighted by molar-refractivity contribution is 0.354. The summed E-state index contributed by atoms with van der Waals surface area (Å²) in [5, 5.41) is 3.17. The second-order valence-electron chi connectivity index (χ2n) is 6.60. The molecule has 160 valence electrons. The van der Waals surface area contributed by atoms with Gasteiger partial charge in [-0.2, -0.15) is 0 Å². The molecule has 0 aliphatic rings. The number of nitrogens with zero attached hydrogens (tertiary/aromatic N) is 2. The minimum Gasteiger partial charge on any atom is -0.493 e. The first-order chi connectivity index (χ1) is 13.6. The Bertz CT molecular complexity index is 741. The minimum atomic E-state index is 0. The number of halogens is 1. The molecule has 0 aromatic heterocycles. The molecule has 0 bridgehead atoms. The zero-order valence-corrected chi connectivity index (χ0v) is 19.9. The maximum Gasteiger partial charge on any atom is 0.188 e. The third-order valence-electron chi connectivity index (χ3n) is 4.55.